The molecule has 0 saturated carbocycles. The second kappa shape index (κ2) is 13.3. The maximum atomic E-state index is 6.74. The molecule has 0 aliphatic heterocycles. The fourth-order valence-corrected chi connectivity index (χ4v) is 7.40. The number of furan rings is 1. The third-order valence-corrected chi connectivity index (χ3v) is 10.1. The van der Waals surface area contributed by atoms with Crippen LogP contribution in [0.2, 0.25) is 0 Å². The third-order valence-electron chi connectivity index (χ3n) is 10.1. The molecule has 0 radical (unpaired) electrons. The van der Waals surface area contributed by atoms with Crippen molar-refractivity contribution in [1.29, 1.82) is 0 Å². The number of allylic oxidation sites excluding steroid dienone is 2. The van der Waals surface area contributed by atoms with Gasteiger partial charge in [-0.3, -0.25) is 4.99 Å². The van der Waals surface area contributed by atoms with Crippen LogP contribution in [-0.2, 0) is 6.54 Å². The van der Waals surface area contributed by atoms with Crippen molar-refractivity contribution in [2.75, 3.05) is 0 Å². The van der Waals surface area contributed by atoms with Gasteiger partial charge in [0, 0.05) is 21.9 Å². The van der Waals surface area contributed by atoms with Gasteiger partial charge in [-0.25, -0.2) is 4.99 Å². The lowest BCUT2D eigenvalue weighted by molar-refractivity contribution is 0.668. The molecule has 2 N–H and O–H groups in total. The normalized spacial score (nSPS) is 15.2. The van der Waals surface area contributed by atoms with Gasteiger partial charge in [0.1, 0.15) is 17.0 Å². The second-order valence-corrected chi connectivity index (χ2v) is 13.6. The van der Waals surface area contributed by atoms with Crippen molar-refractivity contribution in [1.82, 2.24) is 0 Å². The lowest BCUT2D eigenvalue weighted by atomic mass is 9.97. The van der Waals surface area contributed by atoms with E-state index in [2.05, 4.69) is 146 Å². The van der Waals surface area contributed by atoms with Crippen molar-refractivity contribution in [3.63, 3.8) is 0 Å². The SMILES string of the molecule is CC1C=C(C(=NCc2cccc3oc4ccc(-c5ccc6ccccc6c5)cc4c23)N=C(N)c2ccc(-c3cccc4ccccc34)cc2)C=CC1. The summed E-state index contributed by atoms with van der Waals surface area (Å²) in [4.78, 5) is 10.1. The summed E-state index contributed by atoms with van der Waals surface area (Å²) in [5, 5.41) is 7.05. The van der Waals surface area contributed by atoms with Crippen molar-refractivity contribution in [2.24, 2.45) is 21.6 Å². The van der Waals surface area contributed by atoms with Crippen LogP contribution >= 0.6 is 0 Å². The first-order valence-corrected chi connectivity index (χ1v) is 17.9. The predicted molar refractivity (Wildman–Crippen MR) is 219 cm³/mol. The Bertz CT molecular complexity index is 2760. The van der Waals surface area contributed by atoms with Gasteiger partial charge >= 0.3 is 0 Å². The topological polar surface area (TPSA) is 63.9 Å². The lowest BCUT2D eigenvalue weighted by Gasteiger charge is -2.13. The van der Waals surface area contributed by atoms with Crippen LogP contribution < -0.4 is 5.73 Å². The molecular weight excluding hydrogens is 635 g/mol. The van der Waals surface area contributed by atoms with E-state index in [1.807, 2.05) is 24.3 Å². The zero-order valence-electron chi connectivity index (χ0n) is 29.0. The molecule has 52 heavy (non-hydrogen) atoms. The fraction of sp³-hybridized carbons (Fsp3) is 0.0833. The molecule has 0 spiro atoms. The Hall–Kier alpha value is -6.52. The zero-order valence-corrected chi connectivity index (χ0v) is 29.0. The maximum absolute atomic E-state index is 6.74. The number of amidine groups is 2. The number of hydrogen-bond acceptors (Lipinski definition) is 2. The Morgan fingerprint density at radius 1 is 0.673 bits per heavy atom. The van der Waals surface area contributed by atoms with E-state index in [0.29, 0.717) is 24.1 Å². The van der Waals surface area contributed by atoms with E-state index in [0.717, 1.165) is 56.2 Å². The Balaban J connectivity index is 1.08. The highest BCUT2D eigenvalue weighted by molar-refractivity contribution is 6.13. The van der Waals surface area contributed by atoms with Crippen LogP contribution in [0.4, 0.5) is 0 Å². The van der Waals surface area contributed by atoms with Crippen molar-refractivity contribution in [3.8, 4) is 22.3 Å². The summed E-state index contributed by atoms with van der Waals surface area (Å²) in [6.07, 6.45) is 7.54. The first kappa shape index (κ1) is 31.5. The number of rotatable bonds is 6. The van der Waals surface area contributed by atoms with Gasteiger partial charge in [0.05, 0.1) is 6.54 Å². The van der Waals surface area contributed by atoms with E-state index in [-0.39, 0.29) is 0 Å². The summed E-state index contributed by atoms with van der Waals surface area (Å²) in [7, 11) is 0. The van der Waals surface area contributed by atoms with Crippen LogP contribution in [0.1, 0.15) is 24.5 Å². The Morgan fingerprint density at radius 2 is 1.40 bits per heavy atom. The summed E-state index contributed by atoms with van der Waals surface area (Å²) in [6, 6.07) is 51.0. The van der Waals surface area contributed by atoms with Gasteiger partial charge in [0.15, 0.2) is 5.84 Å². The van der Waals surface area contributed by atoms with Crippen LogP contribution in [0.5, 0.6) is 0 Å². The number of nitrogens with zero attached hydrogens (tertiary/aromatic N) is 2. The summed E-state index contributed by atoms with van der Waals surface area (Å²) < 4.78 is 6.36. The van der Waals surface area contributed by atoms with Crippen LogP contribution in [-0.4, -0.2) is 11.7 Å². The molecule has 0 saturated heterocycles. The summed E-state index contributed by atoms with van der Waals surface area (Å²) >= 11 is 0. The van der Waals surface area contributed by atoms with E-state index < -0.39 is 0 Å². The molecule has 1 aliphatic carbocycles. The summed E-state index contributed by atoms with van der Waals surface area (Å²) in [6.45, 7) is 2.64. The average molecular weight is 672 g/mol. The molecular formula is C48H37N3O. The smallest absolute Gasteiger partial charge is 0.156 e. The molecule has 7 aromatic carbocycles. The van der Waals surface area contributed by atoms with Gasteiger partial charge in [-0.1, -0.05) is 146 Å². The first-order valence-electron chi connectivity index (χ1n) is 17.9. The molecule has 1 unspecified atom stereocenters. The van der Waals surface area contributed by atoms with Crippen molar-refractivity contribution < 1.29 is 4.42 Å². The van der Waals surface area contributed by atoms with E-state index in [1.54, 1.807) is 0 Å². The molecule has 1 atom stereocenters. The van der Waals surface area contributed by atoms with Gasteiger partial charge in [-0.2, -0.15) is 0 Å². The van der Waals surface area contributed by atoms with Crippen molar-refractivity contribution in [2.45, 2.75) is 19.9 Å². The van der Waals surface area contributed by atoms with Crippen molar-refractivity contribution in [3.05, 3.63) is 181 Å². The van der Waals surface area contributed by atoms with Gasteiger partial charge < -0.3 is 10.2 Å². The van der Waals surface area contributed by atoms with E-state index >= 15 is 0 Å². The Kier molecular flexibility index (Phi) is 8.05. The van der Waals surface area contributed by atoms with Gasteiger partial charge in [0.2, 0.25) is 0 Å². The monoisotopic (exact) mass is 671 g/mol. The van der Waals surface area contributed by atoms with Gasteiger partial charge in [-0.15, -0.1) is 0 Å². The zero-order chi connectivity index (χ0) is 35.0. The third kappa shape index (κ3) is 5.99. The summed E-state index contributed by atoms with van der Waals surface area (Å²) in [5.74, 6) is 1.44. The number of benzene rings is 7. The number of fused-ring (bicyclic) bond motifs is 5. The number of nitrogens with two attached hydrogens (primary N) is 1. The van der Waals surface area contributed by atoms with Gasteiger partial charge in [0.25, 0.3) is 0 Å². The number of aliphatic imine (C=N–C) groups is 2. The molecule has 1 aliphatic rings. The first-order chi connectivity index (χ1) is 25.6. The molecule has 4 nitrogen and oxygen atoms in total. The predicted octanol–water partition coefficient (Wildman–Crippen LogP) is 12.1. The van der Waals surface area contributed by atoms with E-state index in [9.17, 15) is 0 Å². The largest absolute Gasteiger partial charge is 0.456 e. The minimum Gasteiger partial charge on any atom is -0.456 e. The highest BCUT2D eigenvalue weighted by Crippen LogP contribution is 2.36. The lowest BCUT2D eigenvalue weighted by Crippen LogP contribution is -2.17. The number of hydrogen-bond donors (Lipinski definition) is 1. The minimum absolute atomic E-state index is 0.386. The molecule has 9 rings (SSSR count). The van der Waals surface area contributed by atoms with Crippen LogP contribution in [0.15, 0.2) is 184 Å². The highest BCUT2D eigenvalue weighted by atomic mass is 16.3. The summed E-state index contributed by atoms with van der Waals surface area (Å²) in [5.41, 5.74) is 16.0. The standard InChI is InChI=1S/C48H37N3O/c1-31-9-6-14-39(27-31)48(51-47(49)35-22-20-34(21-23-35)42-17-7-13-33-11-4-5-16-41(33)42)50-30-40-15-8-18-45-46(40)43-29-38(25-26-44(43)52-45)37-24-19-32-10-2-3-12-36(32)28-37/h2-8,10-29,31H,9,30H2,1H3,(H2,49,50,51). The quantitative estimate of drug-likeness (QED) is 0.141. The Labute approximate surface area is 303 Å². The molecule has 1 heterocycles. The van der Waals surface area contributed by atoms with E-state index in [1.165, 1.54) is 32.7 Å². The second-order valence-electron chi connectivity index (χ2n) is 13.6. The Morgan fingerprint density at radius 3 is 2.27 bits per heavy atom. The molecule has 1 aromatic heterocycles. The molecule has 4 heteroatoms. The molecule has 0 amide bonds. The van der Waals surface area contributed by atoms with Gasteiger partial charge in [-0.05, 0) is 86.0 Å². The highest BCUT2D eigenvalue weighted by Gasteiger charge is 2.15. The average Bonchev–Trinajstić information content (AvgIpc) is 3.58. The fourth-order valence-electron chi connectivity index (χ4n) is 7.40. The van der Waals surface area contributed by atoms with Crippen LogP contribution in [0.3, 0.4) is 0 Å². The molecule has 0 fully saturated rings. The molecule has 0 bridgehead atoms. The van der Waals surface area contributed by atoms with Crippen molar-refractivity contribution >= 4 is 55.2 Å². The van der Waals surface area contributed by atoms with Crippen LogP contribution in [0.25, 0.3) is 65.7 Å². The molecule has 250 valence electrons. The van der Waals surface area contributed by atoms with Crippen LogP contribution in [0, 0.1) is 5.92 Å². The molecule has 8 aromatic rings. The minimum atomic E-state index is 0.386. The van der Waals surface area contributed by atoms with E-state index in [4.69, 9.17) is 20.1 Å². The maximum Gasteiger partial charge on any atom is 0.156 e.